The van der Waals surface area contributed by atoms with Crippen molar-refractivity contribution in [1.29, 1.82) is 0 Å². The van der Waals surface area contributed by atoms with Crippen molar-refractivity contribution in [2.75, 3.05) is 5.32 Å². The maximum absolute atomic E-state index is 4.55. The third-order valence-electron chi connectivity index (χ3n) is 3.80. The van der Waals surface area contributed by atoms with Gasteiger partial charge in [0.15, 0.2) is 0 Å². The first-order valence-corrected chi connectivity index (χ1v) is 7.59. The van der Waals surface area contributed by atoms with Gasteiger partial charge in [-0.15, -0.1) is 0 Å². The molecule has 0 atom stereocenters. The highest BCUT2D eigenvalue weighted by molar-refractivity contribution is 5.77. The molecule has 0 radical (unpaired) electrons. The second-order valence-electron chi connectivity index (χ2n) is 5.49. The van der Waals surface area contributed by atoms with Crippen LogP contribution in [0.5, 0.6) is 0 Å². The summed E-state index contributed by atoms with van der Waals surface area (Å²) in [5.74, 6) is 0.776. The third-order valence-corrected chi connectivity index (χ3v) is 3.80. The molecule has 0 unspecified atom stereocenters. The number of aromatic amines is 1. The molecule has 0 bridgehead atoms. The Labute approximate surface area is 134 Å². The van der Waals surface area contributed by atoms with Crippen molar-refractivity contribution in [3.05, 3.63) is 72.1 Å². The summed E-state index contributed by atoms with van der Waals surface area (Å²) >= 11 is 0. The van der Waals surface area contributed by atoms with E-state index in [1.165, 1.54) is 0 Å². The number of nitrogens with one attached hydrogen (secondary N) is 2. The molecule has 2 heterocycles. The standard InChI is InChI=1S/C18H17N5/c1-13-10-11-23(22-13)17-9-5-2-6-14(17)12-19-18-20-15-7-3-4-8-16(15)21-18/h2-11H,12H2,1H3,(H2,19,20,21). The lowest BCUT2D eigenvalue weighted by Crippen LogP contribution is -2.06. The van der Waals surface area contributed by atoms with Crippen molar-refractivity contribution in [1.82, 2.24) is 19.7 Å². The van der Waals surface area contributed by atoms with Crippen LogP contribution in [0, 0.1) is 6.92 Å². The highest BCUT2D eigenvalue weighted by Crippen LogP contribution is 2.17. The van der Waals surface area contributed by atoms with Gasteiger partial charge in [0.05, 0.1) is 22.4 Å². The number of para-hydroxylation sites is 3. The van der Waals surface area contributed by atoms with Crippen LogP contribution in [0.1, 0.15) is 11.3 Å². The molecule has 5 heteroatoms. The second kappa shape index (κ2) is 5.61. The molecule has 2 aromatic carbocycles. The van der Waals surface area contributed by atoms with E-state index in [9.17, 15) is 0 Å². The van der Waals surface area contributed by atoms with Crippen LogP contribution >= 0.6 is 0 Å². The van der Waals surface area contributed by atoms with Crippen LogP contribution in [0.4, 0.5) is 5.95 Å². The fourth-order valence-corrected chi connectivity index (χ4v) is 2.65. The van der Waals surface area contributed by atoms with Crippen molar-refractivity contribution in [3.8, 4) is 5.69 Å². The molecule has 0 aliphatic carbocycles. The van der Waals surface area contributed by atoms with Crippen molar-refractivity contribution < 1.29 is 0 Å². The minimum Gasteiger partial charge on any atom is -0.352 e. The van der Waals surface area contributed by atoms with E-state index in [2.05, 4.69) is 32.5 Å². The fraction of sp³-hybridized carbons (Fsp3) is 0.111. The van der Waals surface area contributed by atoms with E-state index in [-0.39, 0.29) is 0 Å². The number of nitrogens with zero attached hydrogens (tertiary/aromatic N) is 3. The zero-order valence-corrected chi connectivity index (χ0v) is 12.8. The van der Waals surface area contributed by atoms with Gasteiger partial charge in [0.2, 0.25) is 5.95 Å². The molecule has 0 aliphatic rings. The SMILES string of the molecule is Cc1ccn(-c2ccccc2CNc2nc3ccccc3[nH]2)n1. The van der Waals surface area contributed by atoms with Crippen LogP contribution < -0.4 is 5.32 Å². The van der Waals surface area contributed by atoms with Gasteiger partial charge in [0.25, 0.3) is 0 Å². The van der Waals surface area contributed by atoms with Gasteiger partial charge in [-0.2, -0.15) is 5.10 Å². The van der Waals surface area contributed by atoms with Crippen molar-refractivity contribution in [2.24, 2.45) is 0 Å². The number of aromatic nitrogens is 4. The Kier molecular flexibility index (Phi) is 3.31. The number of imidazole rings is 1. The lowest BCUT2D eigenvalue weighted by molar-refractivity contribution is 0.847. The van der Waals surface area contributed by atoms with E-state index in [0.29, 0.717) is 6.54 Å². The molecule has 0 aliphatic heterocycles. The molecule has 114 valence electrons. The highest BCUT2D eigenvalue weighted by Gasteiger charge is 2.07. The number of anilines is 1. The largest absolute Gasteiger partial charge is 0.352 e. The van der Waals surface area contributed by atoms with Crippen LogP contribution in [-0.4, -0.2) is 19.7 Å². The molecule has 0 spiro atoms. The number of hydrogen-bond acceptors (Lipinski definition) is 3. The Morgan fingerprint density at radius 3 is 2.70 bits per heavy atom. The van der Waals surface area contributed by atoms with E-state index in [4.69, 9.17) is 0 Å². The molecule has 0 saturated carbocycles. The number of fused-ring (bicyclic) bond motifs is 1. The minimum absolute atomic E-state index is 0.675. The molecule has 2 aromatic heterocycles. The third kappa shape index (κ3) is 2.68. The van der Waals surface area contributed by atoms with Crippen LogP contribution in [0.2, 0.25) is 0 Å². The molecule has 0 amide bonds. The van der Waals surface area contributed by atoms with Gasteiger partial charge < -0.3 is 10.3 Å². The van der Waals surface area contributed by atoms with Gasteiger partial charge in [-0.25, -0.2) is 9.67 Å². The molecule has 0 saturated heterocycles. The summed E-state index contributed by atoms with van der Waals surface area (Å²) in [7, 11) is 0. The van der Waals surface area contributed by atoms with Gasteiger partial charge in [0.1, 0.15) is 0 Å². The number of benzene rings is 2. The first kappa shape index (κ1) is 13.6. The molecular formula is C18H17N5. The zero-order chi connectivity index (χ0) is 15.6. The molecule has 4 aromatic rings. The Balaban J connectivity index is 1.59. The summed E-state index contributed by atoms with van der Waals surface area (Å²) in [6.45, 7) is 2.67. The van der Waals surface area contributed by atoms with E-state index in [0.717, 1.165) is 33.9 Å². The van der Waals surface area contributed by atoms with E-state index in [1.54, 1.807) is 0 Å². The van der Waals surface area contributed by atoms with E-state index < -0.39 is 0 Å². The molecule has 0 fully saturated rings. The van der Waals surface area contributed by atoms with Crippen molar-refractivity contribution in [3.63, 3.8) is 0 Å². The number of rotatable bonds is 4. The first-order valence-electron chi connectivity index (χ1n) is 7.59. The summed E-state index contributed by atoms with van der Waals surface area (Å²) in [5, 5.41) is 7.86. The van der Waals surface area contributed by atoms with Gasteiger partial charge >= 0.3 is 0 Å². The maximum atomic E-state index is 4.55. The smallest absolute Gasteiger partial charge is 0.201 e. The monoisotopic (exact) mass is 303 g/mol. The summed E-state index contributed by atoms with van der Waals surface area (Å²) in [6.07, 6.45) is 1.98. The van der Waals surface area contributed by atoms with Gasteiger partial charge in [0, 0.05) is 12.7 Å². The zero-order valence-electron chi connectivity index (χ0n) is 12.8. The molecular weight excluding hydrogens is 286 g/mol. The summed E-state index contributed by atoms with van der Waals surface area (Å²) in [5.41, 5.74) is 5.24. The quantitative estimate of drug-likeness (QED) is 0.605. The lowest BCUT2D eigenvalue weighted by atomic mass is 10.2. The topological polar surface area (TPSA) is 58.5 Å². The summed E-state index contributed by atoms with van der Waals surface area (Å²) in [6, 6.07) is 18.2. The van der Waals surface area contributed by atoms with Gasteiger partial charge in [-0.05, 0) is 36.8 Å². The fourth-order valence-electron chi connectivity index (χ4n) is 2.65. The summed E-state index contributed by atoms with van der Waals surface area (Å²) in [4.78, 5) is 7.83. The van der Waals surface area contributed by atoms with Crippen molar-refractivity contribution in [2.45, 2.75) is 13.5 Å². The van der Waals surface area contributed by atoms with Crippen LogP contribution in [0.15, 0.2) is 60.8 Å². The average Bonchev–Trinajstić information content (AvgIpc) is 3.19. The average molecular weight is 303 g/mol. The molecule has 23 heavy (non-hydrogen) atoms. The molecule has 4 rings (SSSR count). The van der Waals surface area contributed by atoms with E-state index >= 15 is 0 Å². The number of hydrogen-bond donors (Lipinski definition) is 2. The normalized spacial score (nSPS) is 11.0. The van der Waals surface area contributed by atoms with Crippen molar-refractivity contribution >= 4 is 17.0 Å². The van der Waals surface area contributed by atoms with Crippen LogP contribution in [0.3, 0.4) is 0 Å². The minimum atomic E-state index is 0.675. The maximum Gasteiger partial charge on any atom is 0.201 e. The van der Waals surface area contributed by atoms with Crippen LogP contribution in [-0.2, 0) is 6.54 Å². The number of H-pyrrole nitrogens is 1. The molecule has 2 N–H and O–H groups in total. The molecule has 5 nitrogen and oxygen atoms in total. The predicted octanol–water partition coefficient (Wildman–Crippen LogP) is 3.67. The number of aryl methyl sites for hydroxylation is 1. The van der Waals surface area contributed by atoms with Gasteiger partial charge in [-0.1, -0.05) is 30.3 Å². The predicted molar refractivity (Wildman–Crippen MR) is 91.7 cm³/mol. The lowest BCUT2D eigenvalue weighted by Gasteiger charge is -2.10. The second-order valence-corrected chi connectivity index (χ2v) is 5.49. The Morgan fingerprint density at radius 2 is 1.87 bits per heavy atom. The van der Waals surface area contributed by atoms with Gasteiger partial charge in [-0.3, -0.25) is 0 Å². The van der Waals surface area contributed by atoms with E-state index in [1.807, 2.05) is 60.3 Å². The summed E-state index contributed by atoms with van der Waals surface area (Å²) < 4.78 is 1.91. The first-order chi connectivity index (χ1) is 11.3. The Hall–Kier alpha value is -3.08. The highest BCUT2D eigenvalue weighted by atomic mass is 15.3. The Morgan fingerprint density at radius 1 is 1.04 bits per heavy atom. The Bertz CT molecular complexity index is 918. The van der Waals surface area contributed by atoms with Crippen LogP contribution in [0.25, 0.3) is 16.7 Å².